The number of aryl methyl sites for hydroxylation is 1. The van der Waals surface area contributed by atoms with Crippen LogP contribution in [0.2, 0.25) is 0 Å². The van der Waals surface area contributed by atoms with E-state index in [2.05, 4.69) is 48.4 Å². The number of hydrogen-bond donors (Lipinski definition) is 2. The van der Waals surface area contributed by atoms with Gasteiger partial charge in [-0.1, -0.05) is 32.0 Å². The van der Waals surface area contributed by atoms with E-state index < -0.39 is 41.2 Å². The summed E-state index contributed by atoms with van der Waals surface area (Å²) in [6.07, 6.45) is 4.20. The molecule has 1 aromatic carbocycles. The average Bonchev–Trinajstić information content (AvgIpc) is 3.31. The molecule has 45 heavy (non-hydrogen) atoms. The molecule has 1 amide bonds. The molecule has 2 heterocycles. The highest BCUT2D eigenvalue weighted by Gasteiger charge is 2.66. The summed E-state index contributed by atoms with van der Waals surface area (Å²) in [6, 6.07) is 6.72. The zero-order chi connectivity index (χ0) is 32.8. The van der Waals surface area contributed by atoms with Crippen molar-refractivity contribution in [2.75, 3.05) is 60.3 Å². The van der Waals surface area contributed by atoms with Crippen molar-refractivity contribution in [2.45, 2.75) is 77.4 Å². The van der Waals surface area contributed by atoms with Crippen LogP contribution in [0.25, 0.3) is 0 Å². The van der Waals surface area contributed by atoms with Gasteiger partial charge in [0, 0.05) is 55.6 Å². The molecule has 1 aromatic rings. The van der Waals surface area contributed by atoms with E-state index in [1.54, 1.807) is 4.31 Å². The molecule has 2 aliphatic carbocycles. The lowest BCUT2D eigenvalue weighted by molar-refractivity contribution is -0.125. The maximum atomic E-state index is 14.1. The van der Waals surface area contributed by atoms with E-state index in [-0.39, 0.29) is 58.8 Å². The van der Waals surface area contributed by atoms with Gasteiger partial charge in [0.05, 0.1) is 29.1 Å². The van der Waals surface area contributed by atoms with E-state index >= 15 is 0 Å². The molecule has 0 unspecified atom stereocenters. The molecule has 4 aliphatic rings. The summed E-state index contributed by atoms with van der Waals surface area (Å²) in [5.41, 5.74) is 1.32. The number of benzene rings is 1. The van der Waals surface area contributed by atoms with Gasteiger partial charge < -0.3 is 15.5 Å². The number of rotatable bonds is 11. The summed E-state index contributed by atoms with van der Waals surface area (Å²) < 4.78 is 77.8. The zero-order valence-electron chi connectivity index (χ0n) is 27.0. The fourth-order valence-electron chi connectivity index (χ4n) is 8.40. The first-order valence-corrected chi connectivity index (χ1v) is 21.6. The molecular formula is C31H50N4O7S3. The van der Waals surface area contributed by atoms with Crippen molar-refractivity contribution in [1.82, 2.24) is 14.9 Å². The van der Waals surface area contributed by atoms with E-state index in [9.17, 15) is 30.0 Å². The largest absolute Gasteiger partial charge is 0.369 e. The third kappa shape index (κ3) is 7.39. The Kier molecular flexibility index (Phi) is 9.76. The van der Waals surface area contributed by atoms with Crippen LogP contribution in [0, 0.1) is 23.7 Å². The van der Waals surface area contributed by atoms with Gasteiger partial charge in [-0.25, -0.2) is 25.3 Å². The number of nitrogens with one attached hydrogen (secondary N) is 2. The average molecular weight is 687 g/mol. The molecule has 2 N–H and O–H groups in total. The van der Waals surface area contributed by atoms with Crippen LogP contribution in [0.4, 0.5) is 5.69 Å². The minimum atomic E-state index is -3.65. The van der Waals surface area contributed by atoms with E-state index in [1.807, 2.05) is 12.1 Å². The molecule has 0 radical (unpaired) electrons. The van der Waals surface area contributed by atoms with Gasteiger partial charge in [0.25, 0.3) is 0 Å². The van der Waals surface area contributed by atoms with Gasteiger partial charge >= 0.3 is 0 Å². The number of hydrogen-bond acceptors (Lipinski definition) is 9. The summed E-state index contributed by atoms with van der Waals surface area (Å²) in [6.45, 7) is 8.35. The summed E-state index contributed by atoms with van der Waals surface area (Å²) in [4.78, 5) is 16.1. The number of sulfone groups is 2. The van der Waals surface area contributed by atoms with Crippen LogP contribution in [-0.4, -0.2) is 109 Å². The van der Waals surface area contributed by atoms with Crippen LogP contribution in [0.3, 0.4) is 0 Å². The lowest BCUT2D eigenvalue weighted by Crippen LogP contribution is -2.59. The number of piperazine rings is 1. The van der Waals surface area contributed by atoms with E-state index in [0.717, 1.165) is 23.9 Å². The fraction of sp³-hybridized carbons (Fsp3) is 0.774. The van der Waals surface area contributed by atoms with Crippen molar-refractivity contribution < 1.29 is 30.0 Å². The normalized spacial score (nSPS) is 29.5. The first-order chi connectivity index (χ1) is 20.9. The predicted octanol–water partition coefficient (Wildman–Crippen LogP) is 1.73. The number of sulfonamides is 1. The maximum Gasteiger partial charge on any atom is 0.237 e. The van der Waals surface area contributed by atoms with E-state index in [4.69, 9.17) is 0 Å². The summed E-state index contributed by atoms with van der Waals surface area (Å²) in [7, 11) is -10.1. The van der Waals surface area contributed by atoms with Crippen molar-refractivity contribution in [2.24, 2.45) is 16.7 Å². The number of anilines is 1. The minimum absolute atomic E-state index is 0.0315. The van der Waals surface area contributed by atoms with Gasteiger partial charge in [-0.15, -0.1) is 0 Å². The highest BCUT2D eigenvalue weighted by molar-refractivity contribution is 7.91. The van der Waals surface area contributed by atoms with Crippen LogP contribution < -0.4 is 15.5 Å². The molecule has 0 spiro atoms. The number of carbonyl (C=O) groups excluding carboxylic acids is 1. The summed E-state index contributed by atoms with van der Waals surface area (Å²) in [5, 5.41) is 6.47. The summed E-state index contributed by atoms with van der Waals surface area (Å²) >= 11 is 0. The van der Waals surface area contributed by atoms with Crippen LogP contribution in [0.15, 0.2) is 24.3 Å². The SMILES string of the molecule is Cc1ccccc1N1CCN(S(=O)(=O)C[C@]23CC[C@H](C[C@@H]2NC(=O)[C@H](CCS(C)(=O)=O)NC2CCS(=O)(=O)CC2)C3(C)C)CC1. The van der Waals surface area contributed by atoms with Gasteiger partial charge in [-0.05, 0) is 68.4 Å². The molecule has 254 valence electrons. The van der Waals surface area contributed by atoms with Gasteiger partial charge in [-0.3, -0.25) is 4.79 Å². The Bertz CT molecular complexity index is 1570. The van der Waals surface area contributed by atoms with Crippen LogP contribution in [0.5, 0.6) is 0 Å². The highest BCUT2D eigenvalue weighted by Crippen LogP contribution is 2.66. The first kappa shape index (κ1) is 34.6. The number of para-hydroxylation sites is 1. The van der Waals surface area contributed by atoms with Crippen molar-refractivity contribution in [3.05, 3.63) is 29.8 Å². The summed E-state index contributed by atoms with van der Waals surface area (Å²) in [5.74, 6) is -0.240. The molecule has 4 atom stereocenters. The molecule has 2 saturated carbocycles. The highest BCUT2D eigenvalue weighted by atomic mass is 32.2. The topological polar surface area (TPSA) is 150 Å². The fourth-order valence-corrected chi connectivity index (χ4v) is 12.8. The Balaban J connectivity index is 1.30. The molecule has 11 nitrogen and oxygen atoms in total. The molecule has 5 rings (SSSR count). The Morgan fingerprint density at radius 3 is 2.27 bits per heavy atom. The minimum Gasteiger partial charge on any atom is -0.369 e. The van der Waals surface area contributed by atoms with Gasteiger partial charge in [0.1, 0.15) is 19.7 Å². The Labute approximate surface area is 269 Å². The quantitative estimate of drug-likeness (QED) is 0.355. The van der Waals surface area contributed by atoms with Crippen molar-refractivity contribution in [3.8, 4) is 0 Å². The Hall–Kier alpha value is -1.74. The lowest BCUT2D eigenvalue weighted by atomic mass is 9.69. The lowest BCUT2D eigenvalue weighted by Gasteiger charge is -2.45. The third-order valence-corrected chi connectivity index (χ3v) is 16.1. The number of carbonyl (C=O) groups is 1. The second-order valence-electron chi connectivity index (χ2n) is 14.4. The zero-order valence-corrected chi connectivity index (χ0v) is 29.4. The second kappa shape index (κ2) is 12.7. The van der Waals surface area contributed by atoms with Crippen molar-refractivity contribution >= 4 is 41.3 Å². The molecule has 0 aromatic heterocycles. The third-order valence-electron chi connectivity index (χ3n) is 11.4. The maximum absolute atomic E-state index is 14.1. The van der Waals surface area contributed by atoms with Crippen molar-refractivity contribution in [1.29, 1.82) is 0 Å². The monoisotopic (exact) mass is 686 g/mol. The van der Waals surface area contributed by atoms with Crippen molar-refractivity contribution in [3.63, 3.8) is 0 Å². The van der Waals surface area contributed by atoms with Gasteiger partial charge in [0.2, 0.25) is 15.9 Å². The molecule has 4 fully saturated rings. The smallest absolute Gasteiger partial charge is 0.237 e. The molecular weight excluding hydrogens is 637 g/mol. The predicted molar refractivity (Wildman–Crippen MR) is 177 cm³/mol. The number of nitrogens with zero attached hydrogens (tertiary/aromatic N) is 2. The second-order valence-corrected chi connectivity index (χ2v) is 20.9. The van der Waals surface area contributed by atoms with Crippen LogP contribution >= 0.6 is 0 Å². The molecule has 14 heteroatoms. The van der Waals surface area contributed by atoms with Crippen LogP contribution in [0.1, 0.15) is 57.9 Å². The van der Waals surface area contributed by atoms with Gasteiger partial charge in [-0.2, -0.15) is 4.31 Å². The Morgan fingerprint density at radius 2 is 1.67 bits per heavy atom. The van der Waals surface area contributed by atoms with Crippen LogP contribution in [-0.2, 0) is 34.5 Å². The molecule has 2 aliphatic heterocycles. The van der Waals surface area contributed by atoms with Gasteiger partial charge in [0.15, 0.2) is 0 Å². The standard InChI is InChI=1S/C31H50N4O7S3/c1-23-7-5-6-8-27(23)34-14-16-35(17-15-34)45(41,42)22-31-13-9-24(30(31,2)3)21-28(31)33-29(36)26(12-18-43(4,37)38)32-25-10-19-44(39,40)20-11-25/h5-8,24-26,28,32H,9-22H2,1-4H3,(H,33,36)/t24-,26+,28+,31-/m1/s1. The number of fused-ring (bicyclic) bond motifs is 2. The Morgan fingerprint density at radius 1 is 1.02 bits per heavy atom. The number of amides is 1. The first-order valence-electron chi connectivity index (χ1n) is 16.2. The van der Waals surface area contributed by atoms with E-state index in [0.29, 0.717) is 51.9 Å². The molecule has 2 bridgehead atoms. The van der Waals surface area contributed by atoms with E-state index in [1.165, 1.54) is 0 Å². The molecule has 2 saturated heterocycles.